The number of esters is 1. The van der Waals surface area contributed by atoms with Gasteiger partial charge in [0.25, 0.3) is 0 Å². The van der Waals surface area contributed by atoms with Crippen LogP contribution in [0.3, 0.4) is 0 Å². The standard InChI is InChI=1S/C14H19IO3/c1-9(2)8-13(16)18-10(3)14(17)11-6-4-5-7-12(11)15/h4-7,9-10,14,17H,8H2,1-3H3/t10-,14+/m0/s1. The Hall–Kier alpha value is -0.620. The molecule has 100 valence electrons. The summed E-state index contributed by atoms with van der Waals surface area (Å²) in [5.41, 5.74) is 0.794. The fourth-order valence-corrected chi connectivity index (χ4v) is 2.33. The average molecular weight is 362 g/mol. The van der Waals surface area contributed by atoms with Crippen LogP contribution < -0.4 is 0 Å². The summed E-state index contributed by atoms with van der Waals surface area (Å²) in [7, 11) is 0. The molecular weight excluding hydrogens is 343 g/mol. The molecule has 0 spiro atoms. The number of carbonyl (C=O) groups is 1. The lowest BCUT2D eigenvalue weighted by Crippen LogP contribution is -2.23. The van der Waals surface area contributed by atoms with Crippen LogP contribution in [0.4, 0.5) is 0 Å². The Kier molecular flexibility index (Phi) is 6.08. The van der Waals surface area contributed by atoms with Gasteiger partial charge in [-0.1, -0.05) is 32.0 Å². The van der Waals surface area contributed by atoms with Gasteiger partial charge in [0, 0.05) is 9.99 Å². The molecule has 1 aromatic rings. The van der Waals surface area contributed by atoms with Crippen LogP contribution in [0.15, 0.2) is 24.3 Å². The normalized spacial score (nSPS) is 14.3. The van der Waals surface area contributed by atoms with Crippen molar-refractivity contribution in [2.24, 2.45) is 5.92 Å². The summed E-state index contributed by atoms with van der Waals surface area (Å²) < 4.78 is 6.21. The summed E-state index contributed by atoms with van der Waals surface area (Å²) in [5.74, 6) is 0.00111. The second kappa shape index (κ2) is 7.09. The molecule has 0 amide bonds. The van der Waals surface area contributed by atoms with Crippen molar-refractivity contribution in [3.8, 4) is 0 Å². The lowest BCUT2D eigenvalue weighted by molar-refractivity contribution is -0.154. The quantitative estimate of drug-likeness (QED) is 0.646. The number of hydrogen-bond acceptors (Lipinski definition) is 3. The molecule has 0 aliphatic heterocycles. The lowest BCUT2D eigenvalue weighted by Gasteiger charge is -2.21. The van der Waals surface area contributed by atoms with Gasteiger partial charge in [0.2, 0.25) is 0 Å². The third-order valence-electron chi connectivity index (χ3n) is 2.56. The molecule has 0 bridgehead atoms. The Morgan fingerprint density at radius 2 is 1.94 bits per heavy atom. The molecule has 0 unspecified atom stereocenters. The molecule has 0 aromatic heterocycles. The van der Waals surface area contributed by atoms with E-state index in [1.807, 2.05) is 38.1 Å². The molecule has 0 radical (unpaired) electrons. The molecule has 0 heterocycles. The van der Waals surface area contributed by atoms with Crippen molar-refractivity contribution in [2.45, 2.75) is 39.4 Å². The van der Waals surface area contributed by atoms with Crippen molar-refractivity contribution in [3.05, 3.63) is 33.4 Å². The maximum Gasteiger partial charge on any atom is 0.306 e. The summed E-state index contributed by atoms with van der Waals surface area (Å²) in [6.45, 7) is 5.64. The Morgan fingerprint density at radius 1 is 1.33 bits per heavy atom. The van der Waals surface area contributed by atoms with Gasteiger partial charge in [-0.25, -0.2) is 0 Å². The summed E-state index contributed by atoms with van der Waals surface area (Å²) in [5, 5.41) is 10.2. The molecule has 2 atom stereocenters. The minimum absolute atomic E-state index is 0.262. The summed E-state index contributed by atoms with van der Waals surface area (Å²) >= 11 is 2.16. The molecule has 18 heavy (non-hydrogen) atoms. The van der Waals surface area contributed by atoms with E-state index in [4.69, 9.17) is 4.74 Å². The molecule has 1 rings (SSSR count). The zero-order chi connectivity index (χ0) is 13.7. The van der Waals surface area contributed by atoms with E-state index in [0.29, 0.717) is 6.42 Å². The smallest absolute Gasteiger partial charge is 0.306 e. The lowest BCUT2D eigenvalue weighted by atomic mass is 10.1. The first-order valence-corrected chi connectivity index (χ1v) is 7.11. The first-order chi connectivity index (χ1) is 8.41. The summed E-state index contributed by atoms with van der Waals surface area (Å²) in [6.07, 6.45) is -0.940. The van der Waals surface area contributed by atoms with Crippen LogP contribution in [0.25, 0.3) is 0 Å². The van der Waals surface area contributed by atoms with Crippen molar-refractivity contribution in [1.29, 1.82) is 0 Å². The number of aliphatic hydroxyl groups excluding tert-OH is 1. The first-order valence-electron chi connectivity index (χ1n) is 6.03. The molecule has 4 heteroatoms. The van der Waals surface area contributed by atoms with E-state index >= 15 is 0 Å². The van der Waals surface area contributed by atoms with Gasteiger partial charge >= 0.3 is 5.97 Å². The molecular formula is C14H19IO3. The second-order valence-corrected chi connectivity index (χ2v) is 5.92. The van der Waals surface area contributed by atoms with E-state index in [0.717, 1.165) is 9.13 Å². The van der Waals surface area contributed by atoms with Gasteiger partial charge < -0.3 is 9.84 Å². The zero-order valence-corrected chi connectivity index (χ0v) is 13.0. The van der Waals surface area contributed by atoms with Crippen molar-refractivity contribution < 1.29 is 14.6 Å². The molecule has 0 aliphatic rings. The predicted molar refractivity (Wildman–Crippen MR) is 79.1 cm³/mol. The van der Waals surface area contributed by atoms with Crippen molar-refractivity contribution in [3.63, 3.8) is 0 Å². The minimum Gasteiger partial charge on any atom is -0.460 e. The largest absolute Gasteiger partial charge is 0.460 e. The zero-order valence-electron chi connectivity index (χ0n) is 10.9. The highest BCUT2D eigenvalue weighted by Gasteiger charge is 2.22. The topological polar surface area (TPSA) is 46.5 Å². The summed E-state index contributed by atoms with van der Waals surface area (Å²) in [6, 6.07) is 7.54. The molecule has 0 saturated heterocycles. The van der Waals surface area contributed by atoms with Crippen molar-refractivity contribution in [1.82, 2.24) is 0 Å². The van der Waals surface area contributed by atoms with Crippen molar-refractivity contribution in [2.75, 3.05) is 0 Å². The van der Waals surface area contributed by atoms with Crippen molar-refractivity contribution >= 4 is 28.6 Å². The SMILES string of the molecule is CC(C)CC(=O)O[C@@H](C)[C@@H](O)c1ccccc1I. The van der Waals surface area contributed by atoms with Gasteiger partial charge in [-0.3, -0.25) is 4.79 Å². The minimum atomic E-state index is -0.783. The number of rotatable bonds is 5. The van der Waals surface area contributed by atoms with Gasteiger partial charge in [-0.15, -0.1) is 0 Å². The van der Waals surface area contributed by atoms with E-state index < -0.39 is 12.2 Å². The number of hydrogen-bond donors (Lipinski definition) is 1. The Balaban J connectivity index is 2.64. The van der Waals surface area contributed by atoms with E-state index in [1.165, 1.54) is 0 Å². The number of aliphatic hydroxyl groups is 1. The number of carbonyl (C=O) groups excluding carboxylic acids is 1. The molecule has 0 saturated carbocycles. The molecule has 1 aromatic carbocycles. The Morgan fingerprint density at radius 3 is 2.50 bits per heavy atom. The highest BCUT2D eigenvalue weighted by Crippen LogP contribution is 2.24. The van der Waals surface area contributed by atoms with Gasteiger partial charge in [0.15, 0.2) is 0 Å². The number of halogens is 1. The van der Waals surface area contributed by atoms with Crippen LogP contribution in [0.1, 0.15) is 38.9 Å². The fourth-order valence-electron chi connectivity index (χ4n) is 1.62. The monoisotopic (exact) mass is 362 g/mol. The highest BCUT2D eigenvalue weighted by atomic mass is 127. The van der Waals surface area contributed by atoms with Gasteiger partial charge in [-0.05, 0) is 47.1 Å². The third kappa shape index (κ3) is 4.57. The number of benzene rings is 1. The maximum absolute atomic E-state index is 11.5. The van der Waals surface area contributed by atoms with Gasteiger partial charge in [0.1, 0.15) is 12.2 Å². The van der Waals surface area contributed by atoms with E-state index in [2.05, 4.69) is 22.6 Å². The maximum atomic E-state index is 11.5. The van der Waals surface area contributed by atoms with Gasteiger partial charge in [0.05, 0.1) is 0 Å². The fraction of sp³-hybridized carbons (Fsp3) is 0.500. The van der Waals surface area contributed by atoms with Crippen LogP contribution >= 0.6 is 22.6 Å². The third-order valence-corrected chi connectivity index (χ3v) is 3.54. The first kappa shape index (κ1) is 15.4. The molecule has 0 aliphatic carbocycles. The van der Waals surface area contributed by atoms with Crippen LogP contribution in [0.5, 0.6) is 0 Å². The number of ether oxygens (including phenoxy) is 1. The Bertz CT molecular complexity index is 404. The van der Waals surface area contributed by atoms with Crippen LogP contribution in [0, 0.1) is 9.49 Å². The average Bonchev–Trinajstić information content (AvgIpc) is 2.27. The second-order valence-electron chi connectivity index (χ2n) is 4.76. The van der Waals surface area contributed by atoms with E-state index in [1.54, 1.807) is 6.92 Å². The van der Waals surface area contributed by atoms with E-state index in [9.17, 15) is 9.90 Å². The van der Waals surface area contributed by atoms with Crippen LogP contribution in [0.2, 0.25) is 0 Å². The van der Waals surface area contributed by atoms with Gasteiger partial charge in [-0.2, -0.15) is 0 Å². The predicted octanol–water partition coefficient (Wildman–Crippen LogP) is 3.30. The molecule has 3 nitrogen and oxygen atoms in total. The molecule has 1 N–H and O–H groups in total. The highest BCUT2D eigenvalue weighted by molar-refractivity contribution is 14.1. The van der Waals surface area contributed by atoms with Crippen LogP contribution in [-0.4, -0.2) is 17.2 Å². The summed E-state index contributed by atoms with van der Waals surface area (Å²) in [4.78, 5) is 11.5. The molecule has 0 fully saturated rings. The van der Waals surface area contributed by atoms with Crippen LogP contribution in [-0.2, 0) is 9.53 Å². The Labute approximate surface area is 122 Å². The van der Waals surface area contributed by atoms with E-state index in [-0.39, 0.29) is 11.9 Å².